The molecule has 0 N–H and O–H groups in total. The Bertz CT molecular complexity index is 583. The lowest BCUT2D eigenvalue weighted by Gasteiger charge is -2.09. The van der Waals surface area contributed by atoms with E-state index in [2.05, 4.69) is 25.9 Å². The fraction of sp³-hybridized carbons (Fsp3) is 0.0909. The molecular formula is C11H6BrCl2FN2O. The quantitative estimate of drug-likeness (QED) is 0.600. The third kappa shape index (κ3) is 2.91. The van der Waals surface area contributed by atoms with Crippen molar-refractivity contribution in [1.29, 1.82) is 0 Å². The van der Waals surface area contributed by atoms with Crippen LogP contribution in [0.4, 0.5) is 4.39 Å². The van der Waals surface area contributed by atoms with Crippen LogP contribution >= 0.6 is 39.1 Å². The van der Waals surface area contributed by atoms with Crippen molar-refractivity contribution in [2.24, 2.45) is 0 Å². The second kappa shape index (κ2) is 5.82. The first-order valence-corrected chi connectivity index (χ1v) is 6.50. The van der Waals surface area contributed by atoms with Crippen LogP contribution in [0.5, 0.6) is 11.6 Å². The highest BCUT2D eigenvalue weighted by atomic mass is 79.9. The number of alkyl halides is 1. The van der Waals surface area contributed by atoms with E-state index in [9.17, 15) is 4.39 Å². The standard InChI is InChI=1S/C11H6BrCl2FN2O/c12-8-2-1-6(3-9(8)15)18-11-7(4-13)10(14)16-5-17-11/h1-3,5H,4H2. The van der Waals surface area contributed by atoms with E-state index in [1.165, 1.54) is 18.5 Å². The van der Waals surface area contributed by atoms with E-state index < -0.39 is 5.82 Å². The van der Waals surface area contributed by atoms with E-state index in [-0.39, 0.29) is 16.9 Å². The molecule has 0 radical (unpaired) electrons. The van der Waals surface area contributed by atoms with Gasteiger partial charge in [0.1, 0.15) is 23.0 Å². The minimum absolute atomic E-state index is 0.105. The average Bonchev–Trinajstić information content (AvgIpc) is 2.34. The second-order valence-electron chi connectivity index (χ2n) is 3.26. The van der Waals surface area contributed by atoms with Crippen LogP contribution in [0.3, 0.4) is 0 Å². The monoisotopic (exact) mass is 350 g/mol. The number of hydrogen-bond acceptors (Lipinski definition) is 3. The molecule has 1 aromatic carbocycles. The first-order valence-electron chi connectivity index (χ1n) is 4.80. The van der Waals surface area contributed by atoms with Gasteiger partial charge in [0.15, 0.2) is 0 Å². The van der Waals surface area contributed by atoms with Crippen molar-refractivity contribution in [2.45, 2.75) is 5.88 Å². The molecule has 0 unspecified atom stereocenters. The molecule has 0 saturated carbocycles. The summed E-state index contributed by atoms with van der Waals surface area (Å²) in [6, 6.07) is 4.37. The van der Waals surface area contributed by atoms with Gasteiger partial charge in [-0.25, -0.2) is 14.4 Å². The molecule has 0 aliphatic rings. The minimum Gasteiger partial charge on any atom is -0.438 e. The van der Waals surface area contributed by atoms with Crippen LogP contribution in [0.1, 0.15) is 5.56 Å². The molecule has 0 atom stereocenters. The van der Waals surface area contributed by atoms with Gasteiger partial charge in [-0.05, 0) is 28.1 Å². The van der Waals surface area contributed by atoms with Gasteiger partial charge in [0.2, 0.25) is 5.88 Å². The lowest BCUT2D eigenvalue weighted by Crippen LogP contribution is -1.96. The van der Waals surface area contributed by atoms with Gasteiger partial charge in [0, 0.05) is 6.07 Å². The predicted octanol–water partition coefficient (Wildman–Crippen LogP) is 4.56. The van der Waals surface area contributed by atoms with Crippen LogP contribution in [-0.4, -0.2) is 9.97 Å². The van der Waals surface area contributed by atoms with Crippen molar-refractivity contribution in [3.05, 3.63) is 45.5 Å². The summed E-state index contributed by atoms with van der Waals surface area (Å²) in [6.45, 7) is 0. The third-order valence-corrected chi connectivity index (χ3v) is 3.33. The molecule has 3 nitrogen and oxygen atoms in total. The zero-order valence-electron chi connectivity index (χ0n) is 8.83. The van der Waals surface area contributed by atoms with Gasteiger partial charge in [0.05, 0.1) is 15.9 Å². The zero-order chi connectivity index (χ0) is 13.1. The largest absolute Gasteiger partial charge is 0.438 e. The van der Waals surface area contributed by atoms with E-state index in [0.717, 1.165) is 0 Å². The van der Waals surface area contributed by atoms with Gasteiger partial charge < -0.3 is 4.74 Å². The lowest BCUT2D eigenvalue weighted by atomic mass is 10.3. The highest BCUT2D eigenvalue weighted by Crippen LogP contribution is 2.29. The summed E-state index contributed by atoms with van der Waals surface area (Å²) in [6.07, 6.45) is 1.25. The predicted molar refractivity (Wildman–Crippen MR) is 70.8 cm³/mol. The third-order valence-electron chi connectivity index (χ3n) is 2.09. The van der Waals surface area contributed by atoms with Gasteiger partial charge in [-0.2, -0.15) is 0 Å². The Balaban J connectivity index is 2.34. The summed E-state index contributed by atoms with van der Waals surface area (Å²) in [5, 5.41) is 0.215. The summed E-state index contributed by atoms with van der Waals surface area (Å²) in [7, 11) is 0. The van der Waals surface area contributed by atoms with Crippen molar-refractivity contribution in [3.63, 3.8) is 0 Å². The molecule has 2 aromatic rings. The number of ether oxygens (including phenoxy) is 1. The number of halogens is 4. The van der Waals surface area contributed by atoms with Crippen molar-refractivity contribution in [3.8, 4) is 11.6 Å². The Labute approximate surface area is 121 Å². The van der Waals surface area contributed by atoms with Crippen LogP contribution in [-0.2, 0) is 5.88 Å². The van der Waals surface area contributed by atoms with E-state index in [1.807, 2.05) is 0 Å². The van der Waals surface area contributed by atoms with Crippen molar-refractivity contribution >= 4 is 39.1 Å². The van der Waals surface area contributed by atoms with Gasteiger partial charge in [0.25, 0.3) is 0 Å². The topological polar surface area (TPSA) is 35.0 Å². The number of aromatic nitrogens is 2. The summed E-state index contributed by atoms with van der Waals surface area (Å²) in [5.41, 5.74) is 0.462. The Kier molecular flexibility index (Phi) is 4.37. The molecule has 0 amide bonds. The zero-order valence-corrected chi connectivity index (χ0v) is 11.9. The van der Waals surface area contributed by atoms with Crippen LogP contribution in [0.25, 0.3) is 0 Å². The number of rotatable bonds is 3. The average molecular weight is 352 g/mol. The van der Waals surface area contributed by atoms with Crippen molar-refractivity contribution in [1.82, 2.24) is 9.97 Å². The Morgan fingerprint density at radius 1 is 1.33 bits per heavy atom. The molecule has 1 heterocycles. The van der Waals surface area contributed by atoms with Crippen molar-refractivity contribution < 1.29 is 9.13 Å². The minimum atomic E-state index is -0.430. The normalized spacial score (nSPS) is 10.4. The van der Waals surface area contributed by atoms with Gasteiger partial charge in [-0.1, -0.05) is 11.6 Å². The van der Waals surface area contributed by atoms with E-state index in [4.69, 9.17) is 27.9 Å². The Hall–Kier alpha value is -0.910. The van der Waals surface area contributed by atoms with Crippen LogP contribution < -0.4 is 4.74 Å². The maximum atomic E-state index is 13.3. The van der Waals surface area contributed by atoms with Crippen LogP contribution in [0.15, 0.2) is 29.0 Å². The molecule has 0 bridgehead atoms. The summed E-state index contributed by atoms with van der Waals surface area (Å²) in [4.78, 5) is 7.71. The SMILES string of the molecule is Fc1cc(Oc2ncnc(Cl)c2CCl)ccc1Br. The summed E-state index contributed by atoms with van der Waals surface area (Å²) >= 11 is 14.6. The first-order chi connectivity index (χ1) is 8.61. The first kappa shape index (κ1) is 13.5. The maximum absolute atomic E-state index is 13.3. The number of benzene rings is 1. The molecule has 2 rings (SSSR count). The molecule has 7 heteroatoms. The van der Waals surface area contributed by atoms with E-state index in [1.54, 1.807) is 6.07 Å². The number of hydrogen-bond donors (Lipinski definition) is 0. The highest BCUT2D eigenvalue weighted by molar-refractivity contribution is 9.10. The molecule has 94 valence electrons. The fourth-order valence-corrected chi connectivity index (χ4v) is 1.98. The smallest absolute Gasteiger partial charge is 0.228 e. The lowest BCUT2D eigenvalue weighted by molar-refractivity contribution is 0.452. The van der Waals surface area contributed by atoms with Gasteiger partial charge in [-0.3, -0.25) is 0 Å². The molecular weight excluding hydrogens is 346 g/mol. The van der Waals surface area contributed by atoms with Crippen LogP contribution in [0.2, 0.25) is 5.15 Å². The van der Waals surface area contributed by atoms with Gasteiger partial charge in [-0.15, -0.1) is 11.6 Å². The number of nitrogens with zero attached hydrogens (tertiary/aromatic N) is 2. The van der Waals surface area contributed by atoms with Gasteiger partial charge >= 0.3 is 0 Å². The molecule has 0 saturated heterocycles. The summed E-state index contributed by atoms with van der Waals surface area (Å²) in [5.74, 6) is 0.192. The van der Waals surface area contributed by atoms with E-state index >= 15 is 0 Å². The Morgan fingerprint density at radius 2 is 2.11 bits per heavy atom. The molecule has 18 heavy (non-hydrogen) atoms. The molecule has 0 aliphatic heterocycles. The fourth-order valence-electron chi connectivity index (χ4n) is 1.23. The van der Waals surface area contributed by atoms with E-state index in [0.29, 0.717) is 15.8 Å². The molecule has 1 aromatic heterocycles. The van der Waals surface area contributed by atoms with Crippen LogP contribution in [0, 0.1) is 5.82 Å². The molecule has 0 aliphatic carbocycles. The summed E-state index contributed by atoms with van der Waals surface area (Å²) < 4.78 is 19.1. The molecule has 0 spiro atoms. The second-order valence-corrected chi connectivity index (χ2v) is 4.74. The Morgan fingerprint density at radius 3 is 2.78 bits per heavy atom. The maximum Gasteiger partial charge on any atom is 0.228 e. The highest BCUT2D eigenvalue weighted by Gasteiger charge is 2.12. The molecule has 0 fully saturated rings. The van der Waals surface area contributed by atoms with Crippen molar-refractivity contribution in [2.75, 3.05) is 0 Å².